The molecule has 2 rings (SSSR count). The zero-order valence-electron chi connectivity index (χ0n) is 12.0. The first-order valence-electron chi connectivity index (χ1n) is 6.39. The van der Waals surface area contributed by atoms with E-state index in [1.165, 1.54) is 0 Å². The number of halogens is 2. The molecule has 21 heavy (non-hydrogen) atoms. The molecule has 6 nitrogen and oxygen atoms in total. The summed E-state index contributed by atoms with van der Waals surface area (Å²) in [6.45, 7) is 2.74. The van der Waals surface area contributed by atoms with Crippen molar-refractivity contribution < 1.29 is 0 Å². The number of anilines is 4. The van der Waals surface area contributed by atoms with E-state index >= 15 is 0 Å². The molecule has 1 heterocycles. The second kappa shape index (κ2) is 7.04. The molecule has 0 fully saturated rings. The summed E-state index contributed by atoms with van der Waals surface area (Å²) in [5.41, 5.74) is 0.878. The van der Waals surface area contributed by atoms with Crippen LogP contribution in [0, 0.1) is 0 Å². The minimum absolute atomic E-state index is 0.489. The minimum Gasteiger partial charge on any atom is -0.354 e. The number of rotatable bonds is 5. The van der Waals surface area contributed by atoms with Crippen LogP contribution in [0.25, 0.3) is 0 Å². The highest BCUT2D eigenvalue weighted by Crippen LogP contribution is 2.28. The molecule has 0 amide bonds. The van der Waals surface area contributed by atoms with Crippen LogP contribution in [-0.2, 0) is 0 Å². The van der Waals surface area contributed by atoms with Crippen molar-refractivity contribution >= 4 is 55.4 Å². The van der Waals surface area contributed by atoms with Gasteiger partial charge in [0.15, 0.2) is 0 Å². The zero-order chi connectivity index (χ0) is 15.4. The molecular formula is C13H16Br2N6. The van der Waals surface area contributed by atoms with Crippen molar-refractivity contribution in [2.75, 3.05) is 36.2 Å². The van der Waals surface area contributed by atoms with E-state index in [0.29, 0.717) is 17.8 Å². The number of hydrogen-bond acceptors (Lipinski definition) is 6. The van der Waals surface area contributed by atoms with Gasteiger partial charge in [-0.1, -0.05) is 15.9 Å². The third-order valence-electron chi connectivity index (χ3n) is 2.53. The molecule has 112 valence electrons. The Bertz CT molecular complexity index is 632. The standard InChI is InChI=1S/C13H16Br2N6/c1-4-16-11-18-12(20-13(19-11)21(2)3)17-10-7-8(14)5-6-9(10)15/h5-7H,4H2,1-3H3,(H2,16,17,18,19,20). The number of nitrogens with one attached hydrogen (secondary N) is 2. The Morgan fingerprint density at radius 1 is 1.10 bits per heavy atom. The highest BCUT2D eigenvalue weighted by Gasteiger charge is 2.09. The van der Waals surface area contributed by atoms with Crippen molar-refractivity contribution in [2.24, 2.45) is 0 Å². The van der Waals surface area contributed by atoms with Gasteiger partial charge in [-0.2, -0.15) is 15.0 Å². The van der Waals surface area contributed by atoms with Crippen LogP contribution in [-0.4, -0.2) is 35.6 Å². The lowest BCUT2D eigenvalue weighted by atomic mass is 10.3. The Hall–Kier alpha value is -1.41. The highest BCUT2D eigenvalue weighted by atomic mass is 79.9. The maximum Gasteiger partial charge on any atom is 0.233 e. The van der Waals surface area contributed by atoms with E-state index in [1.807, 2.05) is 44.1 Å². The van der Waals surface area contributed by atoms with Gasteiger partial charge in [0.1, 0.15) is 0 Å². The molecule has 0 atom stereocenters. The third-order valence-corrected chi connectivity index (χ3v) is 3.72. The lowest BCUT2D eigenvalue weighted by molar-refractivity contribution is 0.953. The molecule has 0 aliphatic rings. The fourth-order valence-electron chi connectivity index (χ4n) is 1.57. The van der Waals surface area contributed by atoms with E-state index in [2.05, 4.69) is 57.4 Å². The normalized spacial score (nSPS) is 10.3. The largest absolute Gasteiger partial charge is 0.354 e. The molecule has 0 bridgehead atoms. The topological polar surface area (TPSA) is 66.0 Å². The van der Waals surface area contributed by atoms with Crippen molar-refractivity contribution in [1.82, 2.24) is 15.0 Å². The minimum atomic E-state index is 0.489. The van der Waals surface area contributed by atoms with E-state index < -0.39 is 0 Å². The van der Waals surface area contributed by atoms with Gasteiger partial charge >= 0.3 is 0 Å². The van der Waals surface area contributed by atoms with Crippen LogP contribution >= 0.6 is 31.9 Å². The molecule has 0 unspecified atom stereocenters. The fraction of sp³-hybridized carbons (Fsp3) is 0.308. The lowest BCUT2D eigenvalue weighted by Crippen LogP contribution is -2.16. The maximum absolute atomic E-state index is 4.40. The predicted octanol–water partition coefficient (Wildman–Crippen LogP) is 3.64. The first kappa shape index (κ1) is 16.0. The van der Waals surface area contributed by atoms with Crippen molar-refractivity contribution in [3.63, 3.8) is 0 Å². The van der Waals surface area contributed by atoms with E-state index in [0.717, 1.165) is 21.2 Å². The summed E-state index contributed by atoms with van der Waals surface area (Å²) in [4.78, 5) is 14.9. The summed E-state index contributed by atoms with van der Waals surface area (Å²) in [5, 5.41) is 6.31. The Kier molecular flexibility index (Phi) is 5.35. The van der Waals surface area contributed by atoms with Crippen molar-refractivity contribution in [3.05, 3.63) is 27.1 Å². The Balaban J connectivity index is 2.36. The summed E-state index contributed by atoms with van der Waals surface area (Å²) in [7, 11) is 3.79. The van der Waals surface area contributed by atoms with Crippen LogP contribution in [0.15, 0.2) is 27.1 Å². The Labute approximate surface area is 140 Å². The van der Waals surface area contributed by atoms with Gasteiger partial charge in [0, 0.05) is 29.6 Å². The van der Waals surface area contributed by atoms with Crippen LogP contribution in [0.2, 0.25) is 0 Å². The van der Waals surface area contributed by atoms with Crippen LogP contribution in [0.4, 0.5) is 23.5 Å². The second-order valence-corrected chi connectivity index (χ2v) is 6.23. The number of benzene rings is 1. The predicted molar refractivity (Wildman–Crippen MR) is 93.4 cm³/mol. The van der Waals surface area contributed by atoms with Gasteiger partial charge in [-0.05, 0) is 41.1 Å². The monoisotopic (exact) mass is 414 g/mol. The number of nitrogens with zero attached hydrogens (tertiary/aromatic N) is 4. The summed E-state index contributed by atoms with van der Waals surface area (Å²) in [6.07, 6.45) is 0. The lowest BCUT2D eigenvalue weighted by Gasteiger charge is -2.14. The van der Waals surface area contributed by atoms with E-state index in [9.17, 15) is 0 Å². The van der Waals surface area contributed by atoms with Crippen molar-refractivity contribution in [2.45, 2.75) is 6.92 Å². The molecular weight excluding hydrogens is 400 g/mol. The Morgan fingerprint density at radius 3 is 2.48 bits per heavy atom. The molecule has 2 aromatic rings. The first-order chi connectivity index (χ1) is 9.99. The highest BCUT2D eigenvalue weighted by molar-refractivity contribution is 9.11. The molecule has 0 aliphatic carbocycles. The third kappa shape index (κ3) is 4.28. The quantitative estimate of drug-likeness (QED) is 0.777. The van der Waals surface area contributed by atoms with Gasteiger partial charge in [-0.25, -0.2) is 0 Å². The van der Waals surface area contributed by atoms with Gasteiger partial charge in [0.25, 0.3) is 0 Å². The van der Waals surface area contributed by atoms with Crippen molar-refractivity contribution in [1.29, 1.82) is 0 Å². The fourth-order valence-corrected chi connectivity index (χ4v) is 2.28. The van der Waals surface area contributed by atoms with E-state index in [-0.39, 0.29) is 0 Å². The SMILES string of the molecule is CCNc1nc(Nc2cc(Br)ccc2Br)nc(N(C)C)n1. The van der Waals surface area contributed by atoms with Crippen LogP contribution in [0.1, 0.15) is 6.92 Å². The van der Waals surface area contributed by atoms with Crippen LogP contribution in [0.5, 0.6) is 0 Å². The van der Waals surface area contributed by atoms with E-state index in [1.54, 1.807) is 0 Å². The molecule has 0 radical (unpaired) electrons. The van der Waals surface area contributed by atoms with Crippen molar-refractivity contribution in [3.8, 4) is 0 Å². The molecule has 1 aromatic heterocycles. The van der Waals surface area contributed by atoms with Gasteiger partial charge < -0.3 is 15.5 Å². The average molecular weight is 416 g/mol. The van der Waals surface area contributed by atoms with Gasteiger partial charge in [-0.15, -0.1) is 0 Å². The molecule has 0 spiro atoms. The molecule has 0 saturated carbocycles. The van der Waals surface area contributed by atoms with Gasteiger partial charge in [0.2, 0.25) is 17.8 Å². The average Bonchev–Trinajstić information content (AvgIpc) is 2.43. The number of aromatic nitrogens is 3. The molecule has 8 heteroatoms. The molecule has 1 aromatic carbocycles. The number of hydrogen-bond donors (Lipinski definition) is 2. The zero-order valence-corrected chi connectivity index (χ0v) is 15.2. The molecule has 2 N–H and O–H groups in total. The van der Waals surface area contributed by atoms with E-state index in [4.69, 9.17) is 0 Å². The summed E-state index contributed by atoms with van der Waals surface area (Å²) < 4.78 is 1.91. The van der Waals surface area contributed by atoms with Gasteiger partial charge in [-0.3, -0.25) is 0 Å². The molecule has 0 aliphatic heterocycles. The summed E-state index contributed by atoms with van der Waals surface area (Å²) in [6, 6.07) is 5.86. The van der Waals surface area contributed by atoms with Crippen LogP contribution < -0.4 is 15.5 Å². The Morgan fingerprint density at radius 2 is 1.81 bits per heavy atom. The van der Waals surface area contributed by atoms with Crippen LogP contribution in [0.3, 0.4) is 0 Å². The summed E-state index contributed by atoms with van der Waals surface area (Å²) in [5.74, 6) is 1.63. The first-order valence-corrected chi connectivity index (χ1v) is 7.97. The maximum atomic E-state index is 4.40. The van der Waals surface area contributed by atoms with Gasteiger partial charge in [0.05, 0.1) is 5.69 Å². The summed E-state index contributed by atoms with van der Waals surface area (Å²) >= 11 is 6.96. The second-order valence-electron chi connectivity index (χ2n) is 4.46. The smallest absolute Gasteiger partial charge is 0.233 e. The molecule has 0 saturated heterocycles.